The van der Waals surface area contributed by atoms with Gasteiger partial charge in [-0.2, -0.15) is 0 Å². The molecule has 3 rings (SSSR count). The molecule has 0 atom stereocenters. The lowest BCUT2D eigenvalue weighted by Crippen LogP contribution is -2.39. The van der Waals surface area contributed by atoms with Gasteiger partial charge in [-0.15, -0.1) is 0 Å². The van der Waals surface area contributed by atoms with E-state index in [9.17, 15) is 10.1 Å². The molecule has 0 radical (unpaired) electrons. The van der Waals surface area contributed by atoms with Gasteiger partial charge in [-0.05, 0) is 75.6 Å². The third kappa shape index (κ3) is 3.10. The molecule has 1 saturated carbocycles. The lowest BCUT2D eigenvalue weighted by Gasteiger charge is -2.45. The standard InChI is InChI=1S/C17H24N2O2/c1-18-12-10-17(11-13-18)8-6-15(7-9-17)14-2-4-16(5-3-14)19(20)21/h2-5,15H,6-13H2,1H3. The Kier molecular flexibility index (Phi) is 3.98. The molecule has 0 unspecified atom stereocenters. The molecule has 1 aromatic carbocycles. The Hall–Kier alpha value is -1.42. The van der Waals surface area contributed by atoms with Crippen LogP contribution in [-0.2, 0) is 0 Å². The van der Waals surface area contributed by atoms with Gasteiger partial charge in [0.05, 0.1) is 4.92 Å². The van der Waals surface area contributed by atoms with Crippen LogP contribution < -0.4 is 0 Å². The number of piperidine rings is 1. The second-order valence-corrected chi connectivity index (χ2v) is 6.93. The number of nitro groups is 1. The van der Waals surface area contributed by atoms with Gasteiger partial charge in [0.25, 0.3) is 5.69 Å². The normalized spacial score (nSPS) is 23.3. The van der Waals surface area contributed by atoms with Crippen molar-refractivity contribution in [2.45, 2.75) is 44.4 Å². The molecule has 21 heavy (non-hydrogen) atoms. The summed E-state index contributed by atoms with van der Waals surface area (Å²) in [5.41, 5.74) is 2.06. The largest absolute Gasteiger partial charge is 0.306 e. The molecule has 4 heteroatoms. The van der Waals surface area contributed by atoms with Crippen LogP contribution in [0.4, 0.5) is 5.69 Å². The number of benzene rings is 1. The predicted molar refractivity (Wildman–Crippen MR) is 83.5 cm³/mol. The van der Waals surface area contributed by atoms with Crippen molar-refractivity contribution in [2.75, 3.05) is 20.1 Å². The zero-order valence-corrected chi connectivity index (χ0v) is 12.8. The van der Waals surface area contributed by atoms with Gasteiger partial charge in [0, 0.05) is 12.1 Å². The van der Waals surface area contributed by atoms with Crippen LogP contribution in [0.3, 0.4) is 0 Å². The maximum atomic E-state index is 10.7. The lowest BCUT2D eigenvalue weighted by molar-refractivity contribution is -0.384. The van der Waals surface area contributed by atoms with Crippen LogP contribution in [0.25, 0.3) is 0 Å². The molecular formula is C17H24N2O2. The van der Waals surface area contributed by atoms with Crippen LogP contribution in [0.15, 0.2) is 24.3 Å². The molecular weight excluding hydrogens is 264 g/mol. The van der Waals surface area contributed by atoms with Gasteiger partial charge in [-0.25, -0.2) is 0 Å². The maximum Gasteiger partial charge on any atom is 0.269 e. The summed E-state index contributed by atoms with van der Waals surface area (Å²) < 4.78 is 0. The van der Waals surface area contributed by atoms with Gasteiger partial charge in [0.2, 0.25) is 0 Å². The molecule has 0 aromatic heterocycles. The van der Waals surface area contributed by atoms with E-state index < -0.39 is 0 Å². The molecule has 0 N–H and O–H groups in total. The van der Waals surface area contributed by atoms with Crippen molar-refractivity contribution >= 4 is 5.69 Å². The van der Waals surface area contributed by atoms with Crippen LogP contribution in [0.5, 0.6) is 0 Å². The minimum Gasteiger partial charge on any atom is -0.306 e. The molecule has 1 saturated heterocycles. The fourth-order valence-corrected chi connectivity index (χ4v) is 4.02. The van der Waals surface area contributed by atoms with Gasteiger partial charge in [-0.3, -0.25) is 10.1 Å². The van der Waals surface area contributed by atoms with Crippen molar-refractivity contribution in [1.82, 2.24) is 4.90 Å². The number of nitrogens with zero attached hydrogens (tertiary/aromatic N) is 2. The van der Waals surface area contributed by atoms with Crippen molar-refractivity contribution in [3.63, 3.8) is 0 Å². The fourth-order valence-electron chi connectivity index (χ4n) is 4.02. The minimum absolute atomic E-state index is 0.196. The van der Waals surface area contributed by atoms with E-state index in [0.717, 1.165) is 0 Å². The van der Waals surface area contributed by atoms with Crippen LogP contribution in [0.2, 0.25) is 0 Å². The topological polar surface area (TPSA) is 46.4 Å². The summed E-state index contributed by atoms with van der Waals surface area (Å²) in [6, 6.07) is 7.20. The second kappa shape index (κ2) is 5.76. The van der Waals surface area contributed by atoms with E-state index >= 15 is 0 Å². The van der Waals surface area contributed by atoms with E-state index in [-0.39, 0.29) is 10.6 Å². The van der Waals surface area contributed by atoms with Crippen LogP contribution in [0.1, 0.15) is 50.0 Å². The first-order valence-corrected chi connectivity index (χ1v) is 8.01. The highest BCUT2D eigenvalue weighted by molar-refractivity contribution is 5.34. The first-order chi connectivity index (χ1) is 10.1. The number of nitro benzene ring substituents is 1. The third-order valence-electron chi connectivity index (χ3n) is 5.67. The van der Waals surface area contributed by atoms with Gasteiger partial charge in [0.15, 0.2) is 0 Å². The number of likely N-dealkylation sites (tertiary alicyclic amines) is 1. The Bertz CT molecular complexity index is 494. The highest BCUT2D eigenvalue weighted by Gasteiger charge is 2.37. The van der Waals surface area contributed by atoms with Crippen molar-refractivity contribution in [2.24, 2.45) is 5.41 Å². The van der Waals surface area contributed by atoms with Crippen LogP contribution >= 0.6 is 0 Å². The molecule has 1 spiro atoms. The number of hydrogen-bond acceptors (Lipinski definition) is 3. The first-order valence-electron chi connectivity index (χ1n) is 8.01. The Labute approximate surface area is 126 Å². The predicted octanol–water partition coefficient (Wildman–Crippen LogP) is 3.96. The van der Waals surface area contributed by atoms with Gasteiger partial charge >= 0.3 is 0 Å². The van der Waals surface area contributed by atoms with Crippen molar-refractivity contribution < 1.29 is 4.92 Å². The fraction of sp³-hybridized carbons (Fsp3) is 0.647. The lowest BCUT2D eigenvalue weighted by atomic mass is 9.64. The van der Waals surface area contributed by atoms with Gasteiger partial charge < -0.3 is 4.90 Å². The van der Waals surface area contributed by atoms with Crippen molar-refractivity contribution in [3.8, 4) is 0 Å². The van der Waals surface area contributed by atoms with E-state index in [2.05, 4.69) is 11.9 Å². The second-order valence-electron chi connectivity index (χ2n) is 6.93. The summed E-state index contributed by atoms with van der Waals surface area (Å²) in [7, 11) is 2.22. The van der Waals surface area contributed by atoms with Crippen molar-refractivity contribution in [1.29, 1.82) is 0 Å². The smallest absolute Gasteiger partial charge is 0.269 e. The summed E-state index contributed by atoms with van der Waals surface area (Å²) in [6.45, 7) is 2.48. The molecule has 4 nitrogen and oxygen atoms in total. The average Bonchev–Trinajstić information content (AvgIpc) is 2.51. The molecule has 0 amide bonds. The van der Waals surface area contributed by atoms with Gasteiger partial charge in [-0.1, -0.05) is 12.1 Å². The van der Waals surface area contributed by atoms with E-state index in [0.29, 0.717) is 11.3 Å². The zero-order valence-electron chi connectivity index (χ0n) is 12.8. The highest BCUT2D eigenvalue weighted by Crippen LogP contribution is 2.48. The number of hydrogen-bond donors (Lipinski definition) is 0. The molecule has 1 heterocycles. The number of non-ortho nitro benzene ring substituents is 1. The van der Waals surface area contributed by atoms with Crippen molar-refractivity contribution in [3.05, 3.63) is 39.9 Å². The number of rotatable bonds is 2. The van der Waals surface area contributed by atoms with Crippen LogP contribution in [-0.4, -0.2) is 30.0 Å². The minimum atomic E-state index is -0.321. The van der Waals surface area contributed by atoms with Gasteiger partial charge in [0.1, 0.15) is 0 Å². The van der Waals surface area contributed by atoms with E-state index in [1.807, 2.05) is 12.1 Å². The Morgan fingerprint density at radius 3 is 2.19 bits per heavy atom. The first kappa shape index (κ1) is 14.5. The Morgan fingerprint density at radius 1 is 1.10 bits per heavy atom. The summed E-state index contributed by atoms with van der Waals surface area (Å²) in [6.07, 6.45) is 7.81. The monoisotopic (exact) mass is 288 g/mol. The van der Waals surface area contributed by atoms with Crippen LogP contribution in [0, 0.1) is 15.5 Å². The summed E-state index contributed by atoms with van der Waals surface area (Å²) in [5, 5.41) is 10.7. The highest BCUT2D eigenvalue weighted by atomic mass is 16.6. The molecule has 2 aliphatic rings. The summed E-state index contributed by atoms with van der Waals surface area (Å²) in [4.78, 5) is 12.8. The SMILES string of the molecule is CN1CCC2(CCC(c3ccc([N+](=O)[O-])cc3)CC2)CC1. The van der Waals surface area contributed by atoms with E-state index in [1.54, 1.807) is 12.1 Å². The molecule has 2 fully saturated rings. The summed E-state index contributed by atoms with van der Waals surface area (Å²) >= 11 is 0. The van der Waals surface area contributed by atoms with E-state index in [4.69, 9.17) is 0 Å². The molecule has 114 valence electrons. The zero-order chi connectivity index (χ0) is 14.9. The summed E-state index contributed by atoms with van der Waals surface area (Å²) in [5.74, 6) is 0.594. The Balaban J connectivity index is 1.61. The quantitative estimate of drug-likeness (QED) is 0.611. The Morgan fingerprint density at radius 2 is 1.67 bits per heavy atom. The average molecular weight is 288 g/mol. The molecule has 1 aliphatic carbocycles. The maximum absolute atomic E-state index is 10.7. The van der Waals surface area contributed by atoms with E-state index in [1.165, 1.54) is 57.2 Å². The third-order valence-corrected chi connectivity index (χ3v) is 5.67. The molecule has 1 aromatic rings. The molecule has 1 aliphatic heterocycles. The molecule has 0 bridgehead atoms.